The maximum atomic E-state index is 4.66. The minimum atomic E-state index is 0.691. The van der Waals surface area contributed by atoms with Gasteiger partial charge in [-0.25, -0.2) is 0 Å². The van der Waals surface area contributed by atoms with E-state index >= 15 is 0 Å². The van der Waals surface area contributed by atoms with E-state index in [1.54, 1.807) is 11.8 Å². The van der Waals surface area contributed by atoms with E-state index in [0.717, 1.165) is 27.9 Å². The van der Waals surface area contributed by atoms with E-state index in [1.165, 1.54) is 33.0 Å². The Labute approximate surface area is 202 Å². The SMILES string of the molecule is Cc1ccccc1CSc1nnc(Cc2cccc3c2[nH]c2ccccc23)n1-c1ccccc1. The molecule has 0 bridgehead atoms. The maximum absolute atomic E-state index is 4.66. The summed E-state index contributed by atoms with van der Waals surface area (Å²) < 4.78 is 2.20. The average molecular weight is 461 g/mol. The number of nitrogens with zero attached hydrogens (tertiary/aromatic N) is 3. The molecule has 6 rings (SSSR count). The van der Waals surface area contributed by atoms with Crippen LogP contribution < -0.4 is 0 Å². The molecule has 0 saturated carbocycles. The Morgan fingerprint density at radius 2 is 1.47 bits per heavy atom. The zero-order valence-electron chi connectivity index (χ0n) is 18.9. The highest BCUT2D eigenvalue weighted by molar-refractivity contribution is 7.98. The molecule has 0 radical (unpaired) electrons. The van der Waals surface area contributed by atoms with Gasteiger partial charge in [0.05, 0.1) is 5.52 Å². The minimum absolute atomic E-state index is 0.691. The summed E-state index contributed by atoms with van der Waals surface area (Å²) in [4.78, 5) is 3.62. The second-order valence-corrected chi connectivity index (χ2v) is 9.41. The lowest BCUT2D eigenvalue weighted by atomic mass is 10.1. The second-order valence-electron chi connectivity index (χ2n) is 8.47. The number of fused-ring (bicyclic) bond motifs is 3. The highest BCUT2D eigenvalue weighted by atomic mass is 32.2. The van der Waals surface area contributed by atoms with E-state index in [1.807, 2.05) is 6.07 Å². The molecule has 2 aromatic heterocycles. The molecule has 0 aliphatic rings. The van der Waals surface area contributed by atoms with Crippen LogP contribution in [0.15, 0.2) is 102 Å². The molecule has 34 heavy (non-hydrogen) atoms. The smallest absolute Gasteiger partial charge is 0.196 e. The van der Waals surface area contributed by atoms with Gasteiger partial charge < -0.3 is 4.98 Å². The van der Waals surface area contributed by atoms with Crippen molar-refractivity contribution in [2.24, 2.45) is 0 Å². The number of hydrogen-bond acceptors (Lipinski definition) is 3. The lowest BCUT2D eigenvalue weighted by Gasteiger charge is -2.11. The van der Waals surface area contributed by atoms with Crippen LogP contribution in [-0.4, -0.2) is 19.7 Å². The van der Waals surface area contributed by atoms with E-state index < -0.39 is 0 Å². The summed E-state index contributed by atoms with van der Waals surface area (Å²) in [5.41, 5.74) is 7.24. The van der Waals surface area contributed by atoms with Crippen LogP contribution in [0.3, 0.4) is 0 Å². The van der Waals surface area contributed by atoms with Crippen molar-refractivity contribution in [1.29, 1.82) is 0 Å². The first-order valence-corrected chi connectivity index (χ1v) is 12.4. The van der Waals surface area contributed by atoms with E-state index in [4.69, 9.17) is 0 Å². The van der Waals surface area contributed by atoms with Crippen LogP contribution in [0.1, 0.15) is 22.5 Å². The fourth-order valence-electron chi connectivity index (χ4n) is 4.51. The molecule has 0 unspecified atom stereocenters. The largest absolute Gasteiger partial charge is 0.354 e. The summed E-state index contributed by atoms with van der Waals surface area (Å²) >= 11 is 1.73. The summed E-state index contributed by atoms with van der Waals surface area (Å²) in [6, 6.07) is 33.9. The highest BCUT2D eigenvalue weighted by Gasteiger charge is 2.17. The molecule has 0 saturated heterocycles. The highest BCUT2D eigenvalue weighted by Crippen LogP contribution is 2.31. The van der Waals surface area contributed by atoms with Gasteiger partial charge in [-0.2, -0.15) is 0 Å². The average Bonchev–Trinajstić information content (AvgIpc) is 3.46. The molecule has 0 amide bonds. The molecule has 1 N–H and O–H groups in total. The molecule has 4 aromatic carbocycles. The number of aryl methyl sites for hydroxylation is 1. The van der Waals surface area contributed by atoms with Crippen molar-refractivity contribution in [2.75, 3.05) is 0 Å². The van der Waals surface area contributed by atoms with Crippen molar-refractivity contribution in [3.8, 4) is 5.69 Å². The fourth-order valence-corrected chi connectivity index (χ4v) is 5.56. The van der Waals surface area contributed by atoms with Gasteiger partial charge >= 0.3 is 0 Å². The Balaban J connectivity index is 1.40. The van der Waals surface area contributed by atoms with Gasteiger partial charge in [-0.15, -0.1) is 10.2 Å². The number of aromatic amines is 1. The van der Waals surface area contributed by atoms with Crippen LogP contribution >= 0.6 is 11.8 Å². The Bertz CT molecular complexity index is 1600. The topological polar surface area (TPSA) is 46.5 Å². The third-order valence-electron chi connectivity index (χ3n) is 6.31. The van der Waals surface area contributed by atoms with Crippen molar-refractivity contribution in [3.05, 3.63) is 120 Å². The predicted molar refractivity (Wildman–Crippen MR) is 141 cm³/mol. The molecule has 0 aliphatic carbocycles. The van der Waals surface area contributed by atoms with Crippen molar-refractivity contribution in [2.45, 2.75) is 24.3 Å². The van der Waals surface area contributed by atoms with Gasteiger partial charge in [-0.3, -0.25) is 4.57 Å². The third-order valence-corrected chi connectivity index (χ3v) is 7.29. The predicted octanol–water partition coefficient (Wildman–Crippen LogP) is 7.09. The van der Waals surface area contributed by atoms with Gasteiger partial charge in [-0.05, 0) is 41.8 Å². The lowest BCUT2D eigenvalue weighted by molar-refractivity contribution is 0.849. The minimum Gasteiger partial charge on any atom is -0.354 e. The first kappa shape index (κ1) is 20.8. The number of rotatable bonds is 6. The number of hydrogen-bond donors (Lipinski definition) is 1. The Morgan fingerprint density at radius 1 is 0.735 bits per heavy atom. The van der Waals surface area contributed by atoms with E-state index in [0.29, 0.717) is 6.42 Å². The van der Waals surface area contributed by atoms with Gasteiger partial charge in [0.1, 0.15) is 5.82 Å². The van der Waals surface area contributed by atoms with Crippen LogP contribution in [0.5, 0.6) is 0 Å². The summed E-state index contributed by atoms with van der Waals surface area (Å²) in [7, 11) is 0. The first-order valence-electron chi connectivity index (χ1n) is 11.4. The molecule has 0 spiro atoms. The second kappa shape index (κ2) is 8.84. The molecule has 0 atom stereocenters. The molecule has 6 aromatic rings. The number of benzene rings is 4. The Kier molecular flexibility index (Phi) is 5.40. The summed E-state index contributed by atoms with van der Waals surface area (Å²) in [6.07, 6.45) is 0.691. The molecule has 5 heteroatoms. The Morgan fingerprint density at radius 3 is 2.35 bits per heavy atom. The van der Waals surface area contributed by atoms with Crippen molar-refractivity contribution < 1.29 is 0 Å². The van der Waals surface area contributed by atoms with E-state index in [9.17, 15) is 0 Å². The van der Waals surface area contributed by atoms with Crippen LogP contribution in [0.2, 0.25) is 0 Å². The van der Waals surface area contributed by atoms with Gasteiger partial charge in [-0.1, -0.05) is 90.6 Å². The molecular formula is C29H24N4S. The molecule has 4 nitrogen and oxygen atoms in total. The summed E-state index contributed by atoms with van der Waals surface area (Å²) in [5.74, 6) is 1.79. The number of nitrogens with one attached hydrogen (secondary N) is 1. The number of para-hydroxylation sites is 3. The van der Waals surface area contributed by atoms with Crippen LogP contribution in [0.25, 0.3) is 27.5 Å². The molecule has 0 fully saturated rings. The van der Waals surface area contributed by atoms with Crippen molar-refractivity contribution in [3.63, 3.8) is 0 Å². The van der Waals surface area contributed by atoms with Gasteiger partial charge in [0.25, 0.3) is 0 Å². The van der Waals surface area contributed by atoms with E-state index in [-0.39, 0.29) is 0 Å². The molecule has 166 valence electrons. The van der Waals surface area contributed by atoms with Crippen LogP contribution in [0, 0.1) is 6.92 Å². The molecule has 0 aliphatic heterocycles. The Hall–Kier alpha value is -3.83. The number of aromatic nitrogens is 4. The number of H-pyrrole nitrogens is 1. The third kappa shape index (κ3) is 3.78. The monoisotopic (exact) mass is 460 g/mol. The quantitative estimate of drug-likeness (QED) is 0.270. The van der Waals surface area contributed by atoms with Gasteiger partial charge in [0.2, 0.25) is 0 Å². The standard InChI is InChI=1S/C29H24N4S/c1-20-10-5-6-11-22(20)19-34-29-32-31-27(33(29)23-13-3-2-4-14-23)18-21-12-9-16-25-24-15-7-8-17-26(24)30-28(21)25/h2-17,30H,18-19H2,1H3. The fraction of sp³-hybridized carbons (Fsp3) is 0.103. The maximum Gasteiger partial charge on any atom is 0.196 e. The van der Waals surface area contributed by atoms with Gasteiger partial charge in [0.15, 0.2) is 5.16 Å². The number of thioether (sulfide) groups is 1. The summed E-state index contributed by atoms with van der Waals surface area (Å²) in [6.45, 7) is 2.16. The molecular weight excluding hydrogens is 436 g/mol. The van der Waals surface area contributed by atoms with E-state index in [2.05, 4.69) is 118 Å². The first-order chi connectivity index (χ1) is 16.8. The lowest BCUT2D eigenvalue weighted by Crippen LogP contribution is -2.04. The zero-order chi connectivity index (χ0) is 22.9. The van der Waals surface area contributed by atoms with Crippen molar-refractivity contribution >= 4 is 33.6 Å². The van der Waals surface area contributed by atoms with Crippen molar-refractivity contribution in [1.82, 2.24) is 19.7 Å². The normalized spacial score (nSPS) is 11.4. The van der Waals surface area contributed by atoms with Gasteiger partial charge in [0, 0.05) is 34.2 Å². The van der Waals surface area contributed by atoms with Crippen LogP contribution in [-0.2, 0) is 12.2 Å². The van der Waals surface area contributed by atoms with Crippen LogP contribution in [0.4, 0.5) is 0 Å². The summed E-state index contributed by atoms with van der Waals surface area (Å²) in [5, 5.41) is 12.7. The zero-order valence-corrected chi connectivity index (χ0v) is 19.7. The molecule has 2 heterocycles.